The number of Topliss-reactive ketones (excluding diaryl/α,β-unsaturated/α-hetero) is 1. The topological polar surface area (TPSA) is 60.1 Å². The number of ketones is 1. The largest absolute Gasteiger partial charge is 0.419 e. The summed E-state index contributed by atoms with van der Waals surface area (Å²) in [7, 11) is 0. The van der Waals surface area contributed by atoms with Crippen molar-refractivity contribution in [3.05, 3.63) is 207 Å². The molecule has 0 amide bonds. The number of halogens is 24. The van der Waals surface area contributed by atoms with Crippen LogP contribution < -0.4 is 31.2 Å². The van der Waals surface area contributed by atoms with E-state index in [9.17, 15) is 115 Å². The summed E-state index contributed by atoms with van der Waals surface area (Å²) in [6, 6.07) is 7.30. The first-order valence-electron chi connectivity index (χ1n) is 22.5. The third kappa shape index (κ3) is 14.7. The van der Waals surface area contributed by atoms with Gasteiger partial charge in [0, 0.05) is 5.56 Å². The van der Waals surface area contributed by atoms with Gasteiger partial charge >= 0.3 is 61.1 Å². The fraction of sp³-hybridized carbons (Fsp3) is 0.192. The number of esters is 1. The lowest BCUT2D eigenvalue weighted by atomic mass is 9.12. The minimum atomic E-state index is -6.13. The molecule has 0 bridgehead atoms. The predicted octanol–water partition coefficient (Wildman–Crippen LogP) is 14.0. The average molecular weight is 1200 g/mol. The average Bonchev–Trinajstić information content (AvgIpc) is 2.82. The molecule has 0 aliphatic heterocycles. The molecule has 6 aromatic carbocycles. The highest BCUT2D eigenvalue weighted by Crippen LogP contribution is 2.41. The molecule has 0 aliphatic carbocycles. The number of ether oxygens (including phenoxy) is 1. The number of hydrogen-bond donors (Lipinski definition) is 0. The number of benzene rings is 6. The summed E-state index contributed by atoms with van der Waals surface area (Å²) in [5.74, 6) is -0.209. The fourth-order valence-corrected chi connectivity index (χ4v) is 8.40. The molecule has 0 N–H and O–H groups in total. The smallest absolute Gasteiger partial charge is 0.416 e. The van der Waals surface area contributed by atoms with Crippen molar-refractivity contribution in [2.45, 2.75) is 62.9 Å². The minimum Gasteiger partial charge on any atom is -0.419 e. The van der Waals surface area contributed by atoms with Gasteiger partial charge in [-0.1, -0.05) is 96.6 Å². The summed E-state index contributed by atoms with van der Waals surface area (Å²) < 4.78 is 348. The SMILES string of the molecule is Cc1ccc(OC(=O)c2cncc[n+]2CC(=O)c2ccccc2)cc1.FC(F)(F)c1cc([B-](c2cc(C(F)(F)F)cc(C(F)(F)F)c2)(c2cc(C(F)(F)F)cc(C(F)(F)F)c2)c2cc(C(F)(F)F)cc(C(F)(F)F)c2)cc(C(F)(F)F)c1. The highest BCUT2D eigenvalue weighted by atomic mass is 19.4. The van der Waals surface area contributed by atoms with Crippen LogP contribution in [0.25, 0.3) is 0 Å². The third-order valence-corrected chi connectivity index (χ3v) is 12.1. The lowest BCUT2D eigenvalue weighted by molar-refractivity contribution is -0.686. The van der Waals surface area contributed by atoms with Gasteiger partial charge in [-0.15, -0.1) is 0 Å². The Morgan fingerprint density at radius 3 is 1.00 bits per heavy atom. The molecule has 1 aromatic heterocycles. The second kappa shape index (κ2) is 22.3. The van der Waals surface area contributed by atoms with Gasteiger partial charge in [0.2, 0.25) is 12.3 Å². The fourth-order valence-electron chi connectivity index (χ4n) is 8.40. The molecule has 0 atom stereocenters. The van der Waals surface area contributed by atoms with Gasteiger partial charge in [-0.25, -0.2) is 4.79 Å². The standard InChI is InChI=1S/C32H12BF24.C20H17N2O3/c34-25(35,36)13-1-14(26(37,38)39)6-21(5-13)33(22-7-15(27(40,41)42)2-16(8-22)28(43,44)45,23-9-17(29(46,47)48)3-18(10-23)30(49,50)51)24-11-19(31(52,53)54)4-20(12-24)32(55,56)57;1-15-7-9-17(10-8-15)25-20(24)18-13-21-11-12-22(18)14-19(23)16-5-3-2-4-6-16/h1-12H;2-13H,14H2,1H3/q-1;+1. The lowest BCUT2D eigenvalue weighted by Gasteiger charge is -2.46. The summed E-state index contributed by atoms with van der Waals surface area (Å²) in [4.78, 5) is 28.8. The van der Waals surface area contributed by atoms with E-state index in [1.165, 1.54) is 12.4 Å². The molecular weight excluding hydrogens is 1170 g/mol. The number of aromatic nitrogens is 2. The number of carbonyl (C=O) groups is 2. The van der Waals surface area contributed by atoms with Crippen LogP contribution in [0.2, 0.25) is 0 Å². The molecule has 82 heavy (non-hydrogen) atoms. The molecule has 0 saturated heterocycles. The number of rotatable bonds is 9. The Balaban J connectivity index is 0.000000357. The quantitative estimate of drug-likeness (QED) is 0.0361. The van der Waals surface area contributed by atoms with Crippen molar-refractivity contribution in [1.82, 2.24) is 4.98 Å². The van der Waals surface area contributed by atoms with Crippen LogP contribution in [0.15, 0.2) is 146 Å². The van der Waals surface area contributed by atoms with Crippen molar-refractivity contribution in [2.75, 3.05) is 0 Å². The van der Waals surface area contributed by atoms with Crippen molar-refractivity contribution in [3.63, 3.8) is 0 Å². The summed E-state index contributed by atoms with van der Waals surface area (Å²) in [5.41, 5.74) is -28.3. The molecule has 0 fully saturated rings. The zero-order valence-corrected chi connectivity index (χ0v) is 40.3. The number of nitrogens with zero attached hydrogens (tertiary/aromatic N) is 2. The van der Waals surface area contributed by atoms with Crippen LogP contribution >= 0.6 is 0 Å². The molecule has 7 aromatic rings. The van der Waals surface area contributed by atoms with Crippen molar-refractivity contribution < 1.29 is 124 Å². The maximum Gasteiger partial charge on any atom is 0.416 e. The second-order valence-corrected chi connectivity index (χ2v) is 17.8. The van der Waals surface area contributed by atoms with Gasteiger partial charge in [0.15, 0.2) is 6.20 Å². The monoisotopic (exact) mass is 1200 g/mol. The Morgan fingerprint density at radius 2 is 0.720 bits per heavy atom. The minimum absolute atomic E-state index is 0.0326. The molecule has 0 aliphatic rings. The van der Waals surface area contributed by atoms with Gasteiger partial charge in [0.25, 0.3) is 0 Å². The first-order valence-corrected chi connectivity index (χ1v) is 22.5. The van der Waals surface area contributed by atoms with Crippen LogP contribution in [-0.2, 0) is 56.0 Å². The maximum absolute atomic E-state index is 14.2. The van der Waals surface area contributed by atoms with Gasteiger partial charge in [0.1, 0.15) is 18.1 Å². The van der Waals surface area contributed by atoms with Crippen LogP contribution in [0.1, 0.15) is 70.9 Å². The summed E-state index contributed by atoms with van der Waals surface area (Å²) in [6.45, 7) is 1.99. The van der Waals surface area contributed by atoms with E-state index in [0.717, 1.165) is 5.56 Å². The highest BCUT2D eigenvalue weighted by molar-refractivity contribution is 7.20. The van der Waals surface area contributed by atoms with Crippen LogP contribution in [-0.4, -0.2) is 22.9 Å². The van der Waals surface area contributed by atoms with Gasteiger partial charge in [0.05, 0.1) is 50.7 Å². The van der Waals surface area contributed by atoms with E-state index in [1.54, 1.807) is 47.2 Å². The van der Waals surface area contributed by atoms with E-state index < -0.39 is 201 Å². The molecule has 0 unspecified atom stereocenters. The van der Waals surface area contributed by atoms with E-state index in [0.29, 0.717) is 11.3 Å². The Kier molecular flexibility index (Phi) is 17.2. The maximum atomic E-state index is 14.2. The summed E-state index contributed by atoms with van der Waals surface area (Å²) in [6.07, 6.45) is -50.3. The molecular formula is C52H29BF24N2O3. The van der Waals surface area contributed by atoms with Crippen molar-refractivity contribution in [3.8, 4) is 5.75 Å². The molecule has 0 saturated carbocycles. The molecule has 0 spiro atoms. The first-order chi connectivity index (χ1) is 37.4. The predicted molar refractivity (Wildman–Crippen MR) is 241 cm³/mol. The Hall–Kier alpha value is -8.08. The normalized spacial score (nSPS) is 13.1. The number of alkyl halides is 24. The van der Waals surface area contributed by atoms with Crippen LogP contribution in [0.3, 0.4) is 0 Å². The summed E-state index contributed by atoms with van der Waals surface area (Å²) >= 11 is 0. The van der Waals surface area contributed by atoms with Crippen LogP contribution in [0, 0.1) is 6.92 Å². The molecule has 5 nitrogen and oxygen atoms in total. The zero-order chi connectivity index (χ0) is 61.6. The van der Waals surface area contributed by atoms with Gasteiger partial charge in [-0.2, -0.15) is 132 Å². The molecule has 436 valence electrons. The van der Waals surface area contributed by atoms with Gasteiger partial charge in [-0.05, 0) is 43.3 Å². The zero-order valence-electron chi connectivity index (χ0n) is 40.3. The summed E-state index contributed by atoms with van der Waals surface area (Å²) in [5, 5.41) is 0. The number of hydrogen-bond acceptors (Lipinski definition) is 4. The number of carbonyl (C=O) groups excluding carboxylic acids is 2. The lowest BCUT2D eigenvalue weighted by Crippen LogP contribution is -2.75. The molecule has 30 heteroatoms. The first kappa shape index (κ1) is 63.1. The van der Waals surface area contributed by atoms with Crippen LogP contribution in [0.5, 0.6) is 5.75 Å². The molecule has 7 rings (SSSR count). The Labute approximate surface area is 444 Å². The Morgan fingerprint density at radius 1 is 0.427 bits per heavy atom. The van der Waals surface area contributed by atoms with E-state index in [-0.39, 0.29) is 18.0 Å². The second-order valence-electron chi connectivity index (χ2n) is 17.8. The number of aryl methyl sites for hydroxylation is 1. The van der Waals surface area contributed by atoms with Crippen LogP contribution in [0.4, 0.5) is 105 Å². The molecule has 0 radical (unpaired) electrons. The van der Waals surface area contributed by atoms with Crippen molar-refractivity contribution >= 4 is 39.7 Å². The highest BCUT2D eigenvalue weighted by Gasteiger charge is 2.47. The van der Waals surface area contributed by atoms with Crippen molar-refractivity contribution in [1.29, 1.82) is 0 Å². The van der Waals surface area contributed by atoms with E-state index in [2.05, 4.69) is 4.98 Å². The van der Waals surface area contributed by atoms with Crippen molar-refractivity contribution in [2.24, 2.45) is 0 Å². The van der Waals surface area contributed by atoms with Gasteiger partial charge in [-0.3, -0.25) is 9.78 Å². The molecule has 1 heterocycles. The van der Waals surface area contributed by atoms with Gasteiger partial charge < -0.3 is 4.74 Å². The van der Waals surface area contributed by atoms with E-state index in [1.807, 2.05) is 25.1 Å². The third-order valence-electron chi connectivity index (χ3n) is 12.1. The van der Waals surface area contributed by atoms with E-state index >= 15 is 0 Å². The van der Waals surface area contributed by atoms with E-state index in [4.69, 9.17) is 4.74 Å². The Bertz CT molecular complexity index is 3030.